The number of hydrogen-bond acceptors (Lipinski definition) is 1. The molecule has 0 unspecified atom stereocenters. The van der Waals surface area contributed by atoms with Gasteiger partial charge >= 0.3 is 6.18 Å². The van der Waals surface area contributed by atoms with E-state index in [0.717, 1.165) is 6.07 Å². The van der Waals surface area contributed by atoms with Crippen LogP contribution in [0.25, 0.3) is 0 Å². The zero-order valence-corrected chi connectivity index (χ0v) is 7.69. The predicted octanol–water partition coefficient (Wildman–Crippen LogP) is 3.36. The molecule has 0 aliphatic carbocycles. The van der Waals surface area contributed by atoms with Crippen molar-refractivity contribution in [1.82, 2.24) is 4.98 Å². The highest BCUT2D eigenvalue weighted by Gasteiger charge is 2.32. The molecule has 0 saturated carbocycles. The lowest BCUT2D eigenvalue weighted by Crippen LogP contribution is -2.08. The summed E-state index contributed by atoms with van der Waals surface area (Å²) in [7, 11) is 0. The monoisotopic (exact) mass is 207 g/mol. The summed E-state index contributed by atoms with van der Waals surface area (Å²) in [5.74, 6) is -1.15. The number of rotatable bonds is 1. The first-order valence-electron chi connectivity index (χ1n) is 4.05. The van der Waals surface area contributed by atoms with Gasteiger partial charge in [-0.1, -0.05) is 13.8 Å². The number of nitrogens with zero attached hydrogens (tertiary/aromatic N) is 1. The molecule has 0 aliphatic heterocycles. The lowest BCUT2D eigenvalue weighted by molar-refractivity contribution is -0.137. The average molecular weight is 207 g/mol. The molecule has 0 aliphatic rings. The molecular formula is C9H9F4N. The Morgan fingerprint density at radius 3 is 2.29 bits per heavy atom. The van der Waals surface area contributed by atoms with Crippen molar-refractivity contribution >= 4 is 0 Å². The molecule has 14 heavy (non-hydrogen) atoms. The Bertz CT molecular complexity index is 330. The summed E-state index contributed by atoms with van der Waals surface area (Å²) < 4.78 is 49.5. The second kappa shape index (κ2) is 3.55. The molecule has 78 valence electrons. The third-order valence-electron chi connectivity index (χ3n) is 1.82. The van der Waals surface area contributed by atoms with Crippen LogP contribution >= 0.6 is 0 Å². The van der Waals surface area contributed by atoms with Gasteiger partial charge in [-0.15, -0.1) is 0 Å². The van der Waals surface area contributed by atoms with Crippen LogP contribution in [0.4, 0.5) is 17.6 Å². The Hall–Kier alpha value is -1.13. The predicted molar refractivity (Wildman–Crippen MR) is 43.3 cm³/mol. The van der Waals surface area contributed by atoms with Crippen LogP contribution in [0.1, 0.15) is 30.9 Å². The third kappa shape index (κ3) is 2.21. The highest BCUT2D eigenvalue weighted by molar-refractivity contribution is 5.24. The first-order chi connectivity index (χ1) is 6.32. The summed E-state index contributed by atoms with van der Waals surface area (Å²) in [4.78, 5) is 3.08. The highest BCUT2D eigenvalue weighted by atomic mass is 19.4. The van der Waals surface area contributed by atoms with Crippen LogP contribution in [0, 0.1) is 5.95 Å². The first-order valence-corrected chi connectivity index (χ1v) is 4.05. The van der Waals surface area contributed by atoms with Crippen LogP contribution in [0.15, 0.2) is 12.3 Å². The number of alkyl halides is 3. The van der Waals surface area contributed by atoms with Crippen LogP contribution in [-0.2, 0) is 6.18 Å². The molecule has 1 heterocycles. The lowest BCUT2D eigenvalue weighted by atomic mass is 10.0. The van der Waals surface area contributed by atoms with Crippen LogP contribution in [-0.4, -0.2) is 4.98 Å². The molecule has 1 rings (SSSR count). The first kappa shape index (κ1) is 10.9. The van der Waals surface area contributed by atoms with E-state index in [9.17, 15) is 17.6 Å². The quantitative estimate of drug-likeness (QED) is 0.508. The maximum atomic E-state index is 12.9. The van der Waals surface area contributed by atoms with E-state index < -0.39 is 17.7 Å². The number of aromatic nitrogens is 1. The van der Waals surface area contributed by atoms with Gasteiger partial charge in [-0.05, 0) is 12.0 Å². The fourth-order valence-electron chi connectivity index (χ4n) is 1.03. The summed E-state index contributed by atoms with van der Waals surface area (Å²) in [6.07, 6.45) is -3.97. The topological polar surface area (TPSA) is 12.9 Å². The molecule has 1 nitrogen and oxygen atoms in total. The van der Waals surface area contributed by atoms with Gasteiger partial charge in [-0.25, -0.2) is 4.98 Å². The summed E-state index contributed by atoms with van der Waals surface area (Å²) in [6, 6.07) is 0.799. The molecular weight excluding hydrogens is 198 g/mol. The second-order valence-corrected chi connectivity index (χ2v) is 3.26. The van der Waals surface area contributed by atoms with Gasteiger partial charge in [-0.2, -0.15) is 17.6 Å². The Morgan fingerprint density at radius 2 is 1.86 bits per heavy atom. The van der Waals surface area contributed by atoms with E-state index in [-0.39, 0.29) is 11.5 Å². The molecule has 1 aromatic heterocycles. The van der Waals surface area contributed by atoms with Crippen molar-refractivity contribution in [1.29, 1.82) is 0 Å². The van der Waals surface area contributed by atoms with E-state index >= 15 is 0 Å². The largest absolute Gasteiger partial charge is 0.417 e. The fraction of sp³-hybridized carbons (Fsp3) is 0.444. The van der Waals surface area contributed by atoms with Gasteiger partial charge in [0.15, 0.2) is 0 Å². The van der Waals surface area contributed by atoms with E-state index in [1.54, 1.807) is 13.8 Å². The lowest BCUT2D eigenvalue weighted by Gasteiger charge is -2.10. The molecule has 0 amide bonds. The molecule has 0 spiro atoms. The standard InChI is InChI=1S/C9H9F4N/c1-5(2)7-3-6(9(11,12)13)4-14-8(7)10/h3-5H,1-2H3. The van der Waals surface area contributed by atoms with Crippen molar-refractivity contribution in [2.75, 3.05) is 0 Å². The minimum absolute atomic E-state index is 0.0141. The van der Waals surface area contributed by atoms with Gasteiger partial charge in [0.05, 0.1) is 5.56 Å². The van der Waals surface area contributed by atoms with E-state index in [1.165, 1.54) is 0 Å². The van der Waals surface area contributed by atoms with E-state index in [1.807, 2.05) is 0 Å². The summed E-state index contributed by atoms with van der Waals surface area (Å²) in [5.41, 5.74) is -0.928. The molecule has 0 radical (unpaired) electrons. The zero-order valence-electron chi connectivity index (χ0n) is 7.69. The Kier molecular flexibility index (Phi) is 2.78. The number of halogens is 4. The van der Waals surface area contributed by atoms with Gasteiger partial charge in [0.1, 0.15) is 0 Å². The van der Waals surface area contributed by atoms with Crippen LogP contribution in [0.5, 0.6) is 0 Å². The average Bonchev–Trinajstić information content (AvgIpc) is 2.02. The zero-order chi connectivity index (χ0) is 10.9. The summed E-state index contributed by atoms with van der Waals surface area (Å²) in [6.45, 7) is 3.22. The van der Waals surface area contributed by atoms with E-state index in [0.29, 0.717) is 6.20 Å². The molecule has 5 heteroatoms. The SMILES string of the molecule is CC(C)c1cc(C(F)(F)F)cnc1F. The molecule has 0 atom stereocenters. The maximum absolute atomic E-state index is 12.9. The smallest absolute Gasteiger partial charge is 0.227 e. The van der Waals surface area contributed by atoms with Crippen molar-refractivity contribution in [2.45, 2.75) is 25.9 Å². The van der Waals surface area contributed by atoms with Crippen LogP contribution in [0.3, 0.4) is 0 Å². The van der Waals surface area contributed by atoms with Crippen molar-refractivity contribution in [2.24, 2.45) is 0 Å². The van der Waals surface area contributed by atoms with E-state index in [2.05, 4.69) is 4.98 Å². The molecule has 0 fully saturated rings. The van der Waals surface area contributed by atoms with E-state index in [4.69, 9.17) is 0 Å². The van der Waals surface area contributed by atoms with Crippen LogP contribution in [0.2, 0.25) is 0 Å². The summed E-state index contributed by atoms with van der Waals surface area (Å²) >= 11 is 0. The van der Waals surface area contributed by atoms with Gasteiger partial charge in [0.25, 0.3) is 0 Å². The minimum atomic E-state index is -4.47. The molecule has 0 N–H and O–H groups in total. The van der Waals surface area contributed by atoms with Gasteiger partial charge < -0.3 is 0 Å². The third-order valence-corrected chi connectivity index (χ3v) is 1.82. The number of hydrogen-bond donors (Lipinski definition) is 0. The second-order valence-electron chi connectivity index (χ2n) is 3.26. The summed E-state index contributed by atoms with van der Waals surface area (Å²) in [5, 5.41) is 0. The van der Waals surface area contributed by atoms with Gasteiger partial charge in [0, 0.05) is 11.8 Å². The van der Waals surface area contributed by atoms with Crippen molar-refractivity contribution in [3.63, 3.8) is 0 Å². The minimum Gasteiger partial charge on any atom is -0.227 e. The molecule has 0 saturated heterocycles. The normalized spacial score (nSPS) is 12.2. The molecule has 0 aromatic carbocycles. The molecule has 1 aromatic rings. The Morgan fingerprint density at radius 1 is 1.29 bits per heavy atom. The molecule has 0 bridgehead atoms. The van der Waals surface area contributed by atoms with Crippen molar-refractivity contribution < 1.29 is 17.6 Å². The van der Waals surface area contributed by atoms with Crippen LogP contribution < -0.4 is 0 Å². The van der Waals surface area contributed by atoms with Gasteiger partial charge in [0.2, 0.25) is 5.95 Å². The number of pyridine rings is 1. The van der Waals surface area contributed by atoms with Crippen molar-refractivity contribution in [3.8, 4) is 0 Å². The Balaban J connectivity index is 3.20. The van der Waals surface area contributed by atoms with Gasteiger partial charge in [-0.3, -0.25) is 0 Å². The van der Waals surface area contributed by atoms with Crippen molar-refractivity contribution in [3.05, 3.63) is 29.3 Å². The maximum Gasteiger partial charge on any atom is 0.417 e. The highest BCUT2D eigenvalue weighted by Crippen LogP contribution is 2.31. The fourth-order valence-corrected chi connectivity index (χ4v) is 1.03. The Labute approximate surface area is 78.8 Å².